The third-order valence-corrected chi connectivity index (χ3v) is 5.55. The van der Waals surface area contributed by atoms with Gasteiger partial charge in [0.15, 0.2) is 9.84 Å². The fourth-order valence-electron chi connectivity index (χ4n) is 2.42. The van der Waals surface area contributed by atoms with E-state index in [0.29, 0.717) is 6.42 Å². The minimum absolute atomic E-state index is 0.0485. The maximum atomic E-state index is 11.8. The second-order valence-corrected chi connectivity index (χ2v) is 9.04. The van der Waals surface area contributed by atoms with Crippen molar-refractivity contribution in [2.45, 2.75) is 38.6 Å². The first-order valence-corrected chi connectivity index (χ1v) is 9.27. The highest BCUT2D eigenvalue weighted by Crippen LogP contribution is 2.22. The number of hydrogen-bond donors (Lipinski definition) is 1. The van der Waals surface area contributed by atoms with Gasteiger partial charge in [0.25, 0.3) is 0 Å². The Morgan fingerprint density at radius 3 is 2.36 bits per heavy atom. The monoisotopic (exact) mass is 321 g/mol. The first-order chi connectivity index (χ1) is 10.2. The molecule has 0 bridgehead atoms. The SMILES string of the molecule is CC(C)(C)c1ccc(/C=C/C(=O)NC2CCS(=O)(=O)C2)cc1. The van der Waals surface area contributed by atoms with E-state index in [9.17, 15) is 13.2 Å². The van der Waals surface area contributed by atoms with Crippen LogP contribution >= 0.6 is 0 Å². The smallest absolute Gasteiger partial charge is 0.244 e. The molecule has 1 unspecified atom stereocenters. The molecule has 1 aromatic carbocycles. The Hall–Kier alpha value is -1.62. The van der Waals surface area contributed by atoms with Gasteiger partial charge in [-0.1, -0.05) is 45.0 Å². The Morgan fingerprint density at radius 1 is 1.23 bits per heavy atom. The van der Waals surface area contributed by atoms with Gasteiger partial charge in [0.05, 0.1) is 11.5 Å². The van der Waals surface area contributed by atoms with Crippen LogP contribution in [0, 0.1) is 0 Å². The molecule has 4 nitrogen and oxygen atoms in total. The number of nitrogens with one attached hydrogen (secondary N) is 1. The second-order valence-electron chi connectivity index (χ2n) is 6.81. The Labute approximate surface area is 132 Å². The van der Waals surface area contributed by atoms with Crippen LogP contribution in [0.25, 0.3) is 6.08 Å². The molecular weight excluding hydrogens is 298 g/mol. The molecule has 1 fully saturated rings. The van der Waals surface area contributed by atoms with Gasteiger partial charge >= 0.3 is 0 Å². The summed E-state index contributed by atoms with van der Waals surface area (Å²) in [6, 6.07) is 7.81. The van der Waals surface area contributed by atoms with Crippen molar-refractivity contribution < 1.29 is 13.2 Å². The van der Waals surface area contributed by atoms with Gasteiger partial charge in [-0.05, 0) is 29.0 Å². The maximum Gasteiger partial charge on any atom is 0.244 e. The minimum atomic E-state index is -2.97. The Morgan fingerprint density at radius 2 is 1.86 bits per heavy atom. The third kappa shape index (κ3) is 4.70. The van der Waals surface area contributed by atoms with Crippen molar-refractivity contribution in [3.05, 3.63) is 41.5 Å². The first kappa shape index (κ1) is 16.7. The van der Waals surface area contributed by atoms with Crippen LogP contribution in [0.2, 0.25) is 0 Å². The number of rotatable bonds is 3. The van der Waals surface area contributed by atoms with Crippen molar-refractivity contribution in [1.82, 2.24) is 5.32 Å². The van der Waals surface area contributed by atoms with Crippen molar-refractivity contribution in [2.75, 3.05) is 11.5 Å². The lowest BCUT2D eigenvalue weighted by molar-refractivity contribution is -0.116. The summed E-state index contributed by atoms with van der Waals surface area (Å²) < 4.78 is 22.7. The molecule has 1 heterocycles. The number of hydrogen-bond acceptors (Lipinski definition) is 3. The summed E-state index contributed by atoms with van der Waals surface area (Å²) in [4.78, 5) is 11.8. The lowest BCUT2D eigenvalue weighted by atomic mass is 9.87. The van der Waals surface area contributed by atoms with Crippen LogP contribution < -0.4 is 5.32 Å². The van der Waals surface area contributed by atoms with Gasteiger partial charge in [-0.15, -0.1) is 0 Å². The van der Waals surface area contributed by atoms with Gasteiger partial charge in [-0.2, -0.15) is 0 Å². The first-order valence-electron chi connectivity index (χ1n) is 7.45. The van der Waals surface area contributed by atoms with E-state index in [1.54, 1.807) is 6.08 Å². The molecule has 2 rings (SSSR count). The molecule has 0 radical (unpaired) electrons. The molecule has 1 atom stereocenters. The van der Waals surface area contributed by atoms with E-state index < -0.39 is 9.84 Å². The molecule has 1 aliphatic heterocycles. The average Bonchev–Trinajstić information content (AvgIpc) is 2.75. The van der Waals surface area contributed by atoms with Crippen molar-refractivity contribution in [3.8, 4) is 0 Å². The molecule has 1 aliphatic rings. The molecule has 0 aliphatic carbocycles. The van der Waals surface area contributed by atoms with E-state index in [-0.39, 0.29) is 28.9 Å². The molecular formula is C17H23NO3S. The van der Waals surface area contributed by atoms with Crippen molar-refractivity contribution in [2.24, 2.45) is 0 Å². The van der Waals surface area contributed by atoms with Crippen LogP contribution in [-0.4, -0.2) is 31.9 Å². The maximum absolute atomic E-state index is 11.8. The summed E-state index contributed by atoms with van der Waals surface area (Å²) in [6.45, 7) is 6.46. The molecule has 22 heavy (non-hydrogen) atoms. The third-order valence-electron chi connectivity index (χ3n) is 3.78. The largest absolute Gasteiger partial charge is 0.349 e. The molecule has 0 saturated carbocycles. The van der Waals surface area contributed by atoms with E-state index in [4.69, 9.17) is 0 Å². The van der Waals surface area contributed by atoms with Crippen molar-refractivity contribution >= 4 is 21.8 Å². The van der Waals surface area contributed by atoms with Gasteiger partial charge in [0.1, 0.15) is 0 Å². The molecule has 0 spiro atoms. The Kier molecular flexibility index (Phi) is 4.75. The number of carbonyl (C=O) groups excluding carboxylic acids is 1. The highest BCUT2D eigenvalue weighted by atomic mass is 32.2. The van der Waals surface area contributed by atoms with Crippen molar-refractivity contribution in [3.63, 3.8) is 0 Å². The van der Waals surface area contributed by atoms with Gasteiger partial charge in [0.2, 0.25) is 5.91 Å². The predicted octanol–water partition coefficient (Wildman–Crippen LogP) is 2.30. The molecule has 120 valence electrons. The normalized spacial score (nSPS) is 21.1. The quantitative estimate of drug-likeness (QED) is 0.869. The fourth-order valence-corrected chi connectivity index (χ4v) is 4.10. The topological polar surface area (TPSA) is 63.2 Å². The predicted molar refractivity (Wildman–Crippen MR) is 89.4 cm³/mol. The van der Waals surface area contributed by atoms with E-state index >= 15 is 0 Å². The van der Waals surface area contributed by atoms with Gasteiger partial charge in [0, 0.05) is 12.1 Å². The molecule has 1 N–H and O–H groups in total. The highest BCUT2D eigenvalue weighted by Gasteiger charge is 2.28. The zero-order valence-electron chi connectivity index (χ0n) is 13.3. The Balaban J connectivity index is 1.93. The highest BCUT2D eigenvalue weighted by molar-refractivity contribution is 7.91. The number of benzene rings is 1. The van der Waals surface area contributed by atoms with E-state index in [0.717, 1.165) is 5.56 Å². The van der Waals surface area contributed by atoms with E-state index in [1.807, 2.05) is 12.1 Å². The summed E-state index contributed by atoms with van der Waals surface area (Å²) in [6.07, 6.45) is 3.70. The number of sulfone groups is 1. The van der Waals surface area contributed by atoms with E-state index in [2.05, 4.69) is 38.2 Å². The molecule has 1 aromatic rings. The van der Waals surface area contributed by atoms with Gasteiger partial charge < -0.3 is 5.32 Å². The van der Waals surface area contributed by atoms with Crippen LogP contribution in [0.3, 0.4) is 0 Å². The van der Waals surface area contributed by atoms with Crippen LogP contribution in [-0.2, 0) is 20.0 Å². The zero-order chi connectivity index (χ0) is 16.4. The molecule has 1 saturated heterocycles. The molecule has 5 heteroatoms. The zero-order valence-corrected chi connectivity index (χ0v) is 14.1. The van der Waals surface area contributed by atoms with Crippen LogP contribution in [0.4, 0.5) is 0 Å². The lowest BCUT2D eigenvalue weighted by Crippen LogP contribution is -2.34. The van der Waals surface area contributed by atoms with Crippen molar-refractivity contribution in [1.29, 1.82) is 0 Å². The van der Waals surface area contributed by atoms with Crippen LogP contribution in [0.15, 0.2) is 30.3 Å². The van der Waals surface area contributed by atoms with E-state index in [1.165, 1.54) is 11.6 Å². The summed E-state index contributed by atoms with van der Waals surface area (Å²) in [7, 11) is -2.97. The average molecular weight is 321 g/mol. The standard InChI is InChI=1S/C17H23NO3S/c1-17(2,3)14-7-4-13(5-8-14)6-9-16(19)18-15-10-11-22(20,21)12-15/h4-9,15H,10-12H2,1-3H3,(H,18,19)/b9-6+. The number of amides is 1. The molecule has 1 amide bonds. The van der Waals surface area contributed by atoms with Gasteiger partial charge in [-0.3, -0.25) is 4.79 Å². The van der Waals surface area contributed by atoms with Crippen LogP contribution in [0.1, 0.15) is 38.3 Å². The summed E-state index contributed by atoms with van der Waals surface area (Å²) in [5, 5.41) is 2.74. The molecule has 0 aromatic heterocycles. The lowest BCUT2D eigenvalue weighted by Gasteiger charge is -2.18. The Bertz CT molecular complexity index is 667. The minimum Gasteiger partial charge on any atom is -0.349 e. The summed E-state index contributed by atoms with van der Waals surface area (Å²) in [5.41, 5.74) is 2.29. The summed E-state index contributed by atoms with van der Waals surface area (Å²) in [5.74, 6) is -0.0371. The fraction of sp³-hybridized carbons (Fsp3) is 0.471. The second kappa shape index (κ2) is 6.24. The van der Waals surface area contributed by atoms with Gasteiger partial charge in [-0.25, -0.2) is 8.42 Å². The van der Waals surface area contributed by atoms with Crippen LogP contribution in [0.5, 0.6) is 0 Å². The summed E-state index contributed by atoms with van der Waals surface area (Å²) >= 11 is 0. The number of carbonyl (C=O) groups is 1.